The van der Waals surface area contributed by atoms with Gasteiger partial charge in [0.2, 0.25) is 0 Å². The topological polar surface area (TPSA) is 0 Å². The number of benzene rings is 2. The van der Waals surface area contributed by atoms with Gasteiger partial charge in [-0.3, -0.25) is 0 Å². The normalized spacial score (nSPS) is 14.8. The van der Waals surface area contributed by atoms with Crippen molar-refractivity contribution in [3.8, 4) is 11.1 Å². The van der Waals surface area contributed by atoms with E-state index in [2.05, 4.69) is 102 Å². The molecule has 0 radical (unpaired) electrons. The number of rotatable bonds is 2. The second kappa shape index (κ2) is 9.81. The van der Waals surface area contributed by atoms with Gasteiger partial charge in [-0.2, -0.15) is 0 Å². The molecule has 0 fully saturated rings. The Morgan fingerprint density at radius 1 is 0.853 bits per heavy atom. The summed E-state index contributed by atoms with van der Waals surface area (Å²) in [6.07, 6.45) is 9.14. The average molecular weight is 594 g/mol. The molecule has 2 aromatic carbocycles. The fourth-order valence-electron chi connectivity index (χ4n) is 5.97. The molecule has 0 N–H and O–H groups in total. The van der Waals surface area contributed by atoms with Crippen LogP contribution in [0.1, 0.15) is 86.9 Å². The predicted molar refractivity (Wildman–Crippen MR) is 158 cm³/mol. The minimum absolute atomic E-state index is 0. The van der Waals surface area contributed by atoms with E-state index in [1.807, 2.05) is 0 Å². The summed E-state index contributed by atoms with van der Waals surface area (Å²) >= 11 is -2.44. The standard InChI is InChI=1S/C28H33.2CH3.2ClH.H2Si.Zr/c1-17-13-22(27(3,4)5)15-20-14-21-16-23(28(6,7)8)25(19-11-9-10-12-19)18(2)26(21)24(17)20;;;;;;/h9-11,13,15H,12,14H2,1-8H3;2*1H3;2*1H;1H2;. The molecular formula is C30H43Cl2SiZr. The van der Waals surface area contributed by atoms with E-state index in [0.29, 0.717) is 0 Å². The molecule has 2 aliphatic rings. The molecule has 34 heavy (non-hydrogen) atoms. The summed E-state index contributed by atoms with van der Waals surface area (Å²) in [5.74, 6) is 0. The molecule has 0 aromatic heterocycles. The molecule has 0 amide bonds. The van der Waals surface area contributed by atoms with Gasteiger partial charge in [-0.1, -0.05) is 0 Å². The third-order valence-electron chi connectivity index (χ3n) is 7.27. The average Bonchev–Trinajstić information content (AvgIpc) is 3.26. The fraction of sp³-hybridized carbons (Fsp3) is 0.467. The Hall–Kier alpha value is -0.400. The van der Waals surface area contributed by atoms with Crippen LogP contribution in [0.4, 0.5) is 0 Å². The molecule has 2 aromatic rings. The van der Waals surface area contributed by atoms with E-state index in [-0.39, 0.29) is 35.6 Å². The van der Waals surface area contributed by atoms with E-state index in [4.69, 9.17) is 0 Å². The summed E-state index contributed by atoms with van der Waals surface area (Å²) in [6, 6.07) is 4.99. The molecule has 0 bridgehead atoms. The van der Waals surface area contributed by atoms with Gasteiger partial charge in [0.1, 0.15) is 0 Å². The molecule has 0 heterocycles. The zero-order chi connectivity index (χ0) is 23.8. The summed E-state index contributed by atoms with van der Waals surface area (Å²) in [5, 5.41) is 0. The van der Waals surface area contributed by atoms with E-state index in [9.17, 15) is 0 Å². The van der Waals surface area contributed by atoms with Gasteiger partial charge in [-0.25, -0.2) is 0 Å². The first-order chi connectivity index (χ1) is 14.6. The molecule has 0 saturated heterocycles. The molecule has 2 aliphatic carbocycles. The van der Waals surface area contributed by atoms with Crippen LogP contribution in [0.25, 0.3) is 16.7 Å². The summed E-state index contributed by atoms with van der Waals surface area (Å²) in [7, 11) is 0. The van der Waals surface area contributed by atoms with Crippen molar-refractivity contribution in [2.45, 2.75) is 88.3 Å². The van der Waals surface area contributed by atoms with Crippen LogP contribution in [0, 0.1) is 13.8 Å². The Balaban J connectivity index is 0.00000204. The van der Waals surface area contributed by atoms with E-state index in [1.165, 1.54) is 22.3 Å². The van der Waals surface area contributed by atoms with Crippen LogP contribution in [-0.2, 0) is 36.1 Å². The zero-order valence-electron chi connectivity index (χ0n) is 22.8. The molecule has 0 spiro atoms. The minimum Gasteiger partial charge on any atom is -0.147 e. The van der Waals surface area contributed by atoms with Gasteiger partial charge in [0.05, 0.1) is 0 Å². The van der Waals surface area contributed by atoms with Crippen LogP contribution < -0.4 is 3.27 Å². The maximum absolute atomic E-state index is 2.63. The Kier molecular flexibility index (Phi) is 8.61. The first-order valence-electron chi connectivity index (χ1n) is 12.2. The molecule has 4 heteroatoms. The fourth-order valence-corrected chi connectivity index (χ4v) is 13.7. The first-order valence-corrected chi connectivity index (χ1v) is 24.2. The van der Waals surface area contributed by atoms with Gasteiger partial charge in [-0.05, 0) is 0 Å². The van der Waals surface area contributed by atoms with Gasteiger partial charge < -0.3 is 0 Å². The van der Waals surface area contributed by atoms with Crippen molar-refractivity contribution >= 4 is 40.5 Å². The van der Waals surface area contributed by atoms with Crippen molar-refractivity contribution in [2.24, 2.45) is 0 Å². The molecule has 0 unspecified atom stereocenters. The summed E-state index contributed by atoms with van der Waals surface area (Å²) in [4.78, 5) is 0. The number of aryl methyl sites for hydroxylation is 1. The minimum atomic E-state index is -2.44. The molecule has 0 saturated carbocycles. The number of fused-ring (bicyclic) bond motifs is 3. The van der Waals surface area contributed by atoms with Crippen LogP contribution >= 0.6 is 24.8 Å². The first kappa shape index (κ1) is 29.8. The third kappa shape index (κ3) is 5.04. The number of halogens is 2. The van der Waals surface area contributed by atoms with Crippen molar-refractivity contribution < 1.29 is 18.9 Å². The van der Waals surface area contributed by atoms with Crippen molar-refractivity contribution in [3.05, 3.63) is 69.3 Å². The summed E-state index contributed by atoms with van der Waals surface area (Å²) in [6.45, 7) is 21.5. The van der Waals surface area contributed by atoms with Crippen LogP contribution in [0.3, 0.4) is 0 Å². The van der Waals surface area contributed by atoms with E-state index in [1.54, 1.807) is 36.7 Å². The van der Waals surface area contributed by atoms with Crippen LogP contribution in [-0.4, -0.2) is 6.88 Å². The molecule has 0 nitrogen and oxygen atoms in total. The van der Waals surface area contributed by atoms with Gasteiger partial charge in [0.15, 0.2) is 0 Å². The van der Waals surface area contributed by atoms with E-state index in [0.717, 1.165) is 12.8 Å². The predicted octanol–water partition coefficient (Wildman–Crippen LogP) is 8.08. The van der Waals surface area contributed by atoms with E-state index < -0.39 is 18.9 Å². The van der Waals surface area contributed by atoms with Gasteiger partial charge in [0.25, 0.3) is 0 Å². The molecule has 4 rings (SSSR count). The molecule has 185 valence electrons. The summed E-state index contributed by atoms with van der Waals surface area (Å²) in [5.41, 5.74) is 15.9. The Morgan fingerprint density at radius 3 is 1.94 bits per heavy atom. The zero-order valence-corrected chi connectivity index (χ0v) is 28.3. The second-order valence-corrected chi connectivity index (χ2v) is 33.8. The van der Waals surface area contributed by atoms with E-state index >= 15 is 0 Å². The van der Waals surface area contributed by atoms with Crippen molar-refractivity contribution in [1.82, 2.24) is 0 Å². The van der Waals surface area contributed by atoms with Crippen LogP contribution in [0.15, 0.2) is 30.4 Å². The van der Waals surface area contributed by atoms with Gasteiger partial charge in [-0.15, -0.1) is 24.8 Å². The Bertz CT molecular complexity index is 1240. The van der Waals surface area contributed by atoms with Gasteiger partial charge >= 0.3 is 203 Å². The number of allylic oxidation sites excluding steroid dienone is 4. The smallest absolute Gasteiger partial charge is 0.147 e. The largest absolute Gasteiger partial charge is 0.147 e. The number of hydrogen-bond acceptors (Lipinski definition) is 0. The van der Waals surface area contributed by atoms with Crippen LogP contribution in [0.5, 0.6) is 0 Å². The number of hydrogen-bond donors (Lipinski definition) is 0. The van der Waals surface area contributed by atoms with Gasteiger partial charge in [0, 0.05) is 0 Å². The monoisotopic (exact) mass is 591 g/mol. The van der Waals surface area contributed by atoms with Crippen molar-refractivity contribution in [2.75, 3.05) is 0 Å². The third-order valence-corrected chi connectivity index (χ3v) is 14.0. The molecule has 0 atom stereocenters. The SMILES string of the molecule is Cc1cc(C(C)(C)C)cc2c1-c1c(C)c(C3=CC=CC3)c(C(C)(C)C)[c]([Zr]([CH3])([CH3])=[SiH2])c1C2.Cl.Cl. The second-order valence-electron chi connectivity index (χ2n) is 12.8. The van der Waals surface area contributed by atoms with Crippen molar-refractivity contribution in [3.63, 3.8) is 0 Å². The Labute approximate surface area is 226 Å². The Morgan fingerprint density at radius 2 is 1.47 bits per heavy atom. The maximum Gasteiger partial charge on any atom is -0.147 e. The van der Waals surface area contributed by atoms with Crippen molar-refractivity contribution in [1.29, 1.82) is 0 Å². The molecule has 0 aliphatic heterocycles. The molecular weight excluding hydrogens is 551 g/mol. The van der Waals surface area contributed by atoms with Crippen LogP contribution in [0.2, 0.25) is 9.26 Å². The quantitative estimate of drug-likeness (QED) is 0.264. The summed E-state index contributed by atoms with van der Waals surface area (Å²) < 4.78 is 7.07. The maximum atomic E-state index is 2.63.